The molecule has 0 saturated carbocycles. The van der Waals surface area contributed by atoms with E-state index in [0.29, 0.717) is 22.2 Å². The Bertz CT molecular complexity index is 1530. The summed E-state index contributed by atoms with van der Waals surface area (Å²) >= 11 is 0. The highest BCUT2D eigenvalue weighted by Gasteiger charge is 2.21. The zero-order chi connectivity index (χ0) is 26.8. The first-order chi connectivity index (χ1) is 17.5. The molecule has 0 aliphatic heterocycles. The summed E-state index contributed by atoms with van der Waals surface area (Å²) in [6, 6.07) is 19.6. The van der Waals surface area contributed by atoms with Crippen LogP contribution in [0.25, 0.3) is 22.0 Å². The van der Waals surface area contributed by atoms with E-state index in [2.05, 4.69) is 35.8 Å². The Labute approximate surface area is 216 Å². The van der Waals surface area contributed by atoms with E-state index in [4.69, 9.17) is 9.84 Å². The molecule has 194 valence electrons. The number of anilines is 1. The zero-order valence-electron chi connectivity index (χ0n) is 21.3. The molecule has 0 spiro atoms. The first-order valence-electron chi connectivity index (χ1n) is 11.9. The van der Waals surface area contributed by atoms with Crippen LogP contribution in [0.15, 0.2) is 71.6 Å². The number of aliphatic hydroxyl groups is 1. The van der Waals surface area contributed by atoms with E-state index in [1.807, 2.05) is 43.3 Å². The molecule has 0 bridgehead atoms. The largest absolute Gasteiger partial charge is 0.413 e. The number of hydrogen-bond donors (Lipinski definition) is 4. The third kappa shape index (κ3) is 5.95. The Morgan fingerprint density at radius 1 is 1.03 bits per heavy atom. The molecule has 4 aromatic rings. The van der Waals surface area contributed by atoms with Crippen molar-refractivity contribution in [3.8, 4) is 17.0 Å². The van der Waals surface area contributed by atoms with E-state index >= 15 is 0 Å². The molecular formula is C28H31N3O5S. The van der Waals surface area contributed by atoms with Gasteiger partial charge in [-0.3, -0.25) is 4.72 Å². The van der Waals surface area contributed by atoms with Gasteiger partial charge in [0.25, 0.3) is 10.0 Å². The number of carbonyl (C=O) groups excluding carboxylic acids is 1. The molecular weight excluding hydrogens is 490 g/mol. The summed E-state index contributed by atoms with van der Waals surface area (Å²) in [4.78, 5) is 15.5. The molecule has 0 saturated heterocycles. The molecule has 37 heavy (non-hydrogen) atoms. The fourth-order valence-corrected chi connectivity index (χ4v) is 5.08. The number of aromatic nitrogens is 1. The minimum atomic E-state index is -3.83. The van der Waals surface area contributed by atoms with Crippen LogP contribution in [0, 0.1) is 6.92 Å². The summed E-state index contributed by atoms with van der Waals surface area (Å²) in [6.07, 6.45) is -0.714. The number of carbonyl (C=O) groups is 1. The lowest BCUT2D eigenvalue weighted by Gasteiger charge is -2.19. The first kappa shape index (κ1) is 26.2. The zero-order valence-corrected chi connectivity index (χ0v) is 22.1. The van der Waals surface area contributed by atoms with E-state index in [1.54, 1.807) is 30.3 Å². The molecule has 1 heterocycles. The molecule has 4 rings (SSSR count). The van der Waals surface area contributed by atoms with Crippen LogP contribution in [0.3, 0.4) is 0 Å². The minimum Gasteiger partial charge on any atom is -0.395 e. The summed E-state index contributed by atoms with van der Waals surface area (Å²) in [5, 5.41) is 12.1. The van der Waals surface area contributed by atoms with Crippen LogP contribution in [0.2, 0.25) is 0 Å². The van der Waals surface area contributed by atoms with Gasteiger partial charge >= 0.3 is 6.09 Å². The van der Waals surface area contributed by atoms with E-state index < -0.39 is 16.1 Å². The van der Waals surface area contributed by atoms with Gasteiger partial charge in [0, 0.05) is 23.1 Å². The predicted molar refractivity (Wildman–Crippen MR) is 146 cm³/mol. The maximum atomic E-state index is 13.1. The number of aryl methyl sites for hydroxylation is 1. The molecule has 4 N–H and O–H groups in total. The number of rotatable bonds is 7. The van der Waals surface area contributed by atoms with Gasteiger partial charge in [0.2, 0.25) is 5.88 Å². The quantitative estimate of drug-likeness (QED) is 0.262. The fraction of sp³-hybridized carbons (Fsp3) is 0.250. The number of aliphatic hydroxyl groups excluding tert-OH is 1. The Hall–Kier alpha value is -3.82. The van der Waals surface area contributed by atoms with E-state index in [-0.39, 0.29) is 29.3 Å². The molecule has 1 aromatic heterocycles. The van der Waals surface area contributed by atoms with Crippen molar-refractivity contribution >= 4 is 32.7 Å². The van der Waals surface area contributed by atoms with Crippen LogP contribution in [0.4, 0.5) is 10.5 Å². The van der Waals surface area contributed by atoms with Crippen molar-refractivity contribution in [1.82, 2.24) is 10.3 Å². The van der Waals surface area contributed by atoms with Crippen molar-refractivity contribution in [3.63, 3.8) is 0 Å². The van der Waals surface area contributed by atoms with Gasteiger partial charge in [-0.25, -0.2) is 13.2 Å². The lowest BCUT2D eigenvalue weighted by Crippen LogP contribution is -2.29. The highest BCUT2D eigenvalue weighted by atomic mass is 32.2. The number of aromatic amines is 1. The monoisotopic (exact) mass is 521 g/mol. The standard InChI is InChI=1S/C28H31N3O5S/c1-18-6-5-7-19(16-18)25-23-17-21(10-13-24(23)30-26(25)36-27(33)29-14-15-32)31-37(34,35)22-11-8-20(9-12-22)28(2,3)4/h5-13,16-17,30-32H,14-15H2,1-4H3,(H,29,33). The van der Waals surface area contributed by atoms with Crippen molar-refractivity contribution in [2.45, 2.75) is 38.0 Å². The molecule has 3 aromatic carbocycles. The van der Waals surface area contributed by atoms with Crippen LogP contribution in [-0.4, -0.2) is 37.8 Å². The SMILES string of the molecule is Cc1cccc(-c2c(OC(=O)NCCO)[nH]c3ccc(NS(=O)(=O)c4ccc(C(C)(C)C)cc4)cc23)c1. The second-order valence-electron chi connectivity index (χ2n) is 9.88. The molecule has 0 aliphatic carbocycles. The van der Waals surface area contributed by atoms with Crippen LogP contribution >= 0.6 is 0 Å². The second-order valence-corrected chi connectivity index (χ2v) is 11.6. The van der Waals surface area contributed by atoms with Gasteiger partial charge in [-0.05, 0) is 53.8 Å². The van der Waals surface area contributed by atoms with Gasteiger partial charge in [0.15, 0.2) is 0 Å². The maximum Gasteiger partial charge on any atom is 0.413 e. The Balaban J connectivity index is 1.73. The Morgan fingerprint density at radius 2 is 1.76 bits per heavy atom. The van der Waals surface area contributed by atoms with Gasteiger partial charge in [-0.1, -0.05) is 62.7 Å². The molecule has 0 radical (unpaired) electrons. The number of hydrogen-bond acceptors (Lipinski definition) is 5. The van der Waals surface area contributed by atoms with Crippen LogP contribution in [0.1, 0.15) is 31.9 Å². The molecule has 0 atom stereocenters. The number of benzene rings is 3. The highest BCUT2D eigenvalue weighted by Crippen LogP contribution is 2.39. The number of H-pyrrole nitrogens is 1. The highest BCUT2D eigenvalue weighted by molar-refractivity contribution is 7.92. The van der Waals surface area contributed by atoms with Gasteiger partial charge in [0.05, 0.1) is 17.1 Å². The van der Waals surface area contributed by atoms with Gasteiger partial charge < -0.3 is 20.1 Å². The number of nitrogens with one attached hydrogen (secondary N) is 3. The summed E-state index contributed by atoms with van der Waals surface area (Å²) in [5.74, 6) is 0.216. The van der Waals surface area contributed by atoms with Gasteiger partial charge in [-0.2, -0.15) is 0 Å². The summed E-state index contributed by atoms with van der Waals surface area (Å²) in [7, 11) is -3.83. The van der Waals surface area contributed by atoms with Crippen LogP contribution < -0.4 is 14.8 Å². The molecule has 9 heteroatoms. The topological polar surface area (TPSA) is 121 Å². The summed E-state index contributed by atoms with van der Waals surface area (Å²) in [5.41, 5.74) is 4.42. The Morgan fingerprint density at radius 3 is 2.41 bits per heavy atom. The van der Waals surface area contributed by atoms with Crippen molar-refractivity contribution in [2.75, 3.05) is 17.9 Å². The van der Waals surface area contributed by atoms with Gasteiger partial charge in [0.1, 0.15) is 0 Å². The smallest absolute Gasteiger partial charge is 0.395 e. The van der Waals surface area contributed by atoms with Crippen molar-refractivity contribution in [2.24, 2.45) is 0 Å². The van der Waals surface area contributed by atoms with E-state index in [1.165, 1.54) is 0 Å². The second kappa shape index (κ2) is 10.3. The lowest BCUT2D eigenvalue weighted by atomic mass is 9.87. The van der Waals surface area contributed by atoms with Crippen molar-refractivity contribution in [1.29, 1.82) is 0 Å². The summed E-state index contributed by atoms with van der Waals surface area (Å²) < 4.78 is 34.4. The molecule has 0 unspecified atom stereocenters. The first-order valence-corrected chi connectivity index (χ1v) is 13.4. The minimum absolute atomic E-state index is 0.0570. The fourth-order valence-electron chi connectivity index (χ4n) is 4.03. The molecule has 0 fully saturated rings. The lowest BCUT2D eigenvalue weighted by molar-refractivity contribution is 0.194. The molecule has 1 amide bonds. The van der Waals surface area contributed by atoms with E-state index in [9.17, 15) is 13.2 Å². The average molecular weight is 522 g/mol. The molecule has 0 aliphatic rings. The predicted octanol–water partition coefficient (Wildman–Crippen LogP) is 5.32. The normalized spacial score (nSPS) is 11.9. The van der Waals surface area contributed by atoms with Crippen molar-refractivity contribution in [3.05, 3.63) is 77.9 Å². The molecule has 8 nitrogen and oxygen atoms in total. The number of fused-ring (bicyclic) bond motifs is 1. The van der Waals surface area contributed by atoms with E-state index in [0.717, 1.165) is 16.7 Å². The number of ether oxygens (including phenoxy) is 1. The third-order valence-corrected chi connectivity index (χ3v) is 7.33. The number of amides is 1. The van der Waals surface area contributed by atoms with Crippen LogP contribution in [0.5, 0.6) is 5.88 Å². The average Bonchev–Trinajstić information content (AvgIpc) is 3.19. The summed E-state index contributed by atoms with van der Waals surface area (Å²) in [6.45, 7) is 8.01. The maximum absolute atomic E-state index is 13.1. The van der Waals surface area contributed by atoms with Crippen molar-refractivity contribution < 1.29 is 23.1 Å². The third-order valence-electron chi connectivity index (χ3n) is 5.93. The Kier molecular flexibility index (Phi) is 7.29. The van der Waals surface area contributed by atoms with Crippen LogP contribution in [-0.2, 0) is 15.4 Å². The van der Waals surface area contributed by atoms with Gasteiger partial charge in [-0.15, -0.1) is 0 Å². The number of sulfonamides is 1.